The van der Waals surface area contributed by atoms with Crippen LogP contribution in [-0.2, 0) is 9.53 Å². The summed E-state index contributed by atoms with van der Waals surface area (Å²) in [5.74, 6) is 0.576. The zero-order chi connectivity index (χ0) is 28.3. The van der Waals surface area contributed by atoms with E-state index < -0.39 is 18.2 Å². The average Bonchev–Trinajstić information content (AvgIpc) is 3.20. The summed E-state index contributed by atoms with van der Waals surface area (Å²) in [5.41, 5.74) is -0.989. The third-order valence-corrected chi connectivity index (χ3v) is 9.48. The van der Waals surface area contributed by atoms with Crippen molar-refractivity contribution in [3.05, 3.63) is 0 Å². The normalized spacial score (nSPS) is 21.5. The van der Waals surface area contributed by atoms with Gasteiger partial charge in [0.2, 0.25) is 0 Å². The van der Waals surface area contributed by atoms with Crippen molar-refractivity contribution in [3.63, 3.8) is 0 Å². The third kappa shape index (κ3) is 18.8. The van der Waals surface area contributed by atoms with Crippen LogP contribution in [0.2, 0.25) is 0 Å². The van der Waals surface area contributed by atoms with Crippen LogP contribution in [0.25, 0.3) is 0 Å². The van der Waals surface area contributed by atoms with E-state index in [1.54, 1.807) is 18.7 Å². The maximum absolute atomic E-state index is 12.3. The molecule has 8 heteroatoms. The minimum atomic E-state index is -4.14. The van der Waals surface area contributed by atoms with E-state index in [4.69, 9.17) is 4.74 Å². The van der Waals surface area contributed by atoms with E-state index in [-0.39, 0.29) is 29.7 Å². The molecule has 1 saturated carbocycles. The van der Waals surface area contributed by atoms with Gasteiger partial charge in [0, 0.05) is 23.8 Å². The first kappa shape index (κ1) is 35.6. The SMILES string of the molecule is CCCCCCCCCCOC(=O)CCCCCCC1C(O)CCC1SCC(C)(O)CCCCC(F)(F)F. The lowest BCUT2D eigenvalue weighted by molar-refractivity contribution is -0.144. The number of rotatable bonds is 23. The minimum absolute atomic E-state index is 0.0477. The standard InChI is InChI=1S/C30H55F3O4S/c1-3-4-5-6-7-8-11-16-23-37-28(35)18-13-10-9-12-17-25-26(34)19-20-27(25)38-24-29(2,36)21-14-15-22-30(31,32)33/h25-27,34,36H,3-24H2,1-2H3. The quantitative estimate of drug-likeness (QED) is 0.0953. The topological polar surface area (TPSA) is 66.8 Å². The highest BCUT2D eigenvalue weighted by Gasteiger charge is 2.36. The van der Waals surface area contributed by atoms with Gasteiger partial charge in [-0.2, -0.15) is 24.9 Å². The van der Waals surface area contributed by atoms with Gasteiger partial charge in [0.15, 0.2) is 0 Å². The fourth-order valence-electron chi connectivity index (χ4n) is 5.28. The Kier molecular flexibility index (Phi) is 19.1. The van der Waals surface area contributed by atoms with Crippen molar-refractivity contribution in [2.24, 2.45) is 5.92 Å². The van der Waals surface area contributed by atoms with Crippen molar-refractivity contribution in [2.75, 3.05) is 12.4 Å². The number of hydrogen-bond donors (Lipinski definition) is 2. The highest BCUT2D eigenvalue weighted by molar-refractivity contribution is 8.00. The molecule has 0 bridgehead atoms. The van der Waals surface area contributed by atoms with Crippen LogP contribution < -0.4 is 0 Å². The number of thioether (sulfide) groups is 1. The van der Waals surface area contributed by atoms with Crippen LogP contribution in [0.3, 0.4) is 0 Å². The fraction of sp³-hybridized carbons (Fsp3) is 0.967. The molecule has 4 unspecified atom stereocenters. The van der Waals surface area contributed by atoms with Gasteiger partial charge in [0.25, 0.3) is 0 Å². The molecule has 4 atom stereocenters. The number of ether oxygens (including phenoxy) is 1. The zero-order valence-corrected chi connectivity index (χ0v) is 24.9. The first-order valence-electron chi connectivity index (χ1n) is 15.3. The third-order valence-electron chi connectivity index (χ3n) is 7.68. The van der Waals surface area contributed by atoms with Crippen LogP contribution in [0, 0.1) is 5.92 Å². The summed E-state index contributed by atoms with van der Waals surface area (Å²) >= 11 is 1.66. The van der Waals surface area contributed by atoms with Crippen molar-refractivity contribution in [3.8, 4) is 0 Å². The van der Waals surface area contributed by atoms with Gasteiger partial charge in [-0.25, -0.2) is 0 Å². The second kappa shape index (κ2) is 20.4. The number of esters is 1. The molecular formula is C30H55F3O4S. The molecule has 1 aliphatic rings. The van der Waals surface area contributed by atoms with Crippen LogP contribution in [0.15, 0.2) is 0 Å². The Bertz CT molecular complexity index is 601. The molecule has 226 valence electrons. The molecule has 0 aromatic carbocycles. The first-order valence-corrected chi connectivity index (χ1v) is 16.3. The minimum Gasteiger partial charge on any atom is -0.466 e. The summed E-state index contributed by atoms with van der Waals surface area (Å²) in [6, 6.07) is 0. The molecule has 0 aromatic heterocycles. The molecule has 38 heavy (non-hydrogen) atoms. The predicted molar refractivity (Wildman–Crippen MR) is 151 cm³/mol. The molecule has 0 spiro atoms. The number of halogens is 3. The Balaban J connectivity index is 2.09. The molecule has 4 nitrogen and oxygen atoms in total. The van der Waals surface area contributed by atoms with E-state index in [0.717, 1.165) is 57.8 Å². The number of aliphatic hydroxyl groups is 2. The maximum Gasteiger partial charge on any atom is 0.389 e. The van der Waals surface area contributed by atoms with Gasteiger partial charge >= 0.3 is 12.1 Å². The van der Waals surface area contributed by atoms with E-state index >= 15 is 0 Å². The van der Waals surface area contributed by atoms with E-state index in [2.05, 4.69) is 6.92 Å². The molecule has 0 amide bonds. The Labute approximate surface area is 234 Å². The predicted octanol–water partition coefficient (Wildman–Crippen LogP) is 8.76. The van der Waals surface area contributed by atoms with E-state index in [1.807, 2.05) is 0 Å². The lowest BCUT2D eigenvalue weighted by atomic mass is 9.97. The van der Waals surface area contributed by atoms with E-state index in [1.165, 1.54) is 38.5 Å². The monoisotopic (exact) mass is 568 g/mol. The fourth-order valence-corrected chi connectivity index (χ4v) is 6.87. The van der Waals surface area contributed by atoms with Gasteiger partial charge in [-0.05, 0) is 57.8 Å². The second-order valence-electron chi connectivity index (χ2n) is 11.6. The smallest absolute Gasteiger partial charge is 0.389 e. The molecule has 1 rings (SSSR count). The Hall–Kier alpha value is -0.470. The lowest BCUT2D eigenvalue weighted by Crippen LogP contribution is -2.30. The Morgan fingerprint density at radius 2 is 1.47 bits per heavy atom. The zero-order valence-electron chi connectivity index (χ0n) is 24.0. The van der Waals surface area contributed by atoms with Crippen LogP contribution in [0.1, 0.15) is 142 Å². The van der Waals surface area contributed by atoms with Crippen LogP contribution >= 0.6 is 11.8 Å². The number of alkyl halides is 3. The highest BCUT2D eigenvalue weighted by atomic mass is 32.2. The molecule has 0 heterocycles. The van der Waals surface area contributed by atoms with E-state index in [0.29, 0.717) is 31.6 Å². The van der Waals surface area contributed by atoms with Crippen LogP contribution in [0.5, 0.6) is 0 Å². The maximum atomic E-state index is 12.3. The summed E-state index contributed by atoms with van der Waals surface area (Å²) in [4.78, 5) is 11.9. The van der Waals surface area contributed by atoms with Gasteiger partial charge in [0.05, 0.1) is 18.3 Å². The van der Waals surface area contributed by atoms with E-state index in [9.17, 15) is 28.2 Å². The molecule has 0 saturated heterocycles. The highest BCUT2D eigenvalue weighted by Crippen LogP contribution is 2.40. The van der Waals surface area contributed by atoms with Crippen LogP contribution in [0.4, 0.5) is 13.2 Å². The van der Waals surface area contributed by atoms with Crippen molar-refractivity contribution in [2.45, 2.75) is 165 Å². The molecule has 0 aromatic rings. The molecule has 0 radical (unpaired) electrons. The number of hydrogen-bond acceptors (Lipinski definition) is 5. The molecule has 2 N–H and O–H groups in total. The summed E-state index contributed by atoms with van der Waals surface area (Å²) in [6.07, 6.45) is 12.2. The number of carbonyl (C=O) groups is 1. The van der Waals surface area contributed by atoms with Crippen molar-refractivity contribution in [1.82, 2.24) is 0 Å². The number of aliphatic hydroxyl groups excluding tert-OH is 1. The summed E-state index contributed by atoms with van der Waals surface area (Å²) < 4.78 is 42.3. The first-order chi connectivity index (χ1) is 18.0. The Morgan fingerprint density at radius 3 is 2.16 bits per heavy atom. The summed E-state index contributed by atoms with van der Waals surface area (Å²) in [6.45, 7) is 4.46. The summed E-state index contributed by atoms with van der Waals surface area (Å²) in [5, 5.41) is 21.3. The Morgan fingerprint density at radius 1 is 0.868 bits per heavy atom. The van der Waals surface area contributed by atoms with Gasteiger partial charge in [0.1, 0.15) is 0 Å². The van der Waals surface area contributed by atoms with Gasteiger partial charge in [-0.3, -0.25) is 4.79 Å². The lowest BCUT2D eigenvalue weighted by Gasteiger charge is -2.27. The molecule has 1 aliphatic carbocycles. The number of unbranched alkanes of at least 4 members (excludes halogenated alkanes) is 11. The molecule has 1 fully saturated rings. The van der Waals surface area contributed by atoms with Crippen LogP contribution in [-0.4, -0.2) is 51.7 Å². The summed E-state index contributed by atoms with van der Waals surface area (Å²) in [7, 11) is 0. The van der Waals surface area contributed by atoms with Gasteiger partial charge in [-0.15, -0.1) is 0 Å². The van der Waals surface area contributed by atoms with Crippen molar-refractivity contribution >= 4 is 17.7 Å². The van der Waals surface area contributed by atoms with Crippen molar-refractivity contribution in [1.29, 1.82) is 0 Å². The van der Waals surface area contributed by atoms with Crippen molar-refractivity contribution < 1.29 is 32.9 Å². The molecule has 0 aliphatic heterocycles. The largest absolute Gasteiger partial charge is 0.466 e. The van der Waals surface area contributed by atoms with Gasteiger partial charge in [-0.1, -0.05) is 77.6 Å². The molecular weight excluding hydrogens is 513 g/mol. The number of carbonyl (C=O) groups excluding carboxylic acids is 1. The average molecular weight is 569 g/mol. The van der Waals surface area contributed by atoms with Gasteiger partial charge < -0.3 is 14.9 Å². The second-order valence-corrected chi connectivity index (χ2v) is 12.9.